The Balaban J connectivity index is 1.21. The molecule has 6 heteroatoms. The molecule has 0 bridgehead atoms. The van der Waals surface area contributed by atoms with Crippen LogP contribution >= 0.6 is 0 Å². The fourth-order valence-electron chi connectivity index (χ4n) is 3.86. The Hall–Kier alpha value is -3.35. The molecule has 0 saturated carbocycles. The second-order valence-electron chi connectivity index (χ2n) is 8.29. The third-order valence-electron chi connectivity index (χ3n) is 5.74. The molecular formula is C28H32N2O4. The van der Waals surface area contributed by atoms with Crippen molar-refractivity contribution < 1.29 is 19.0 Å². The summed E-state index contributed by atoms with van der Waals surface area (Å²) in [4.78, 5) is 14.7. The normalized spacial score (nSPS) is 13.9. The van der Waals surface area contributed by atoms with Gasteiger partial charge in [-0.3, -0.25) is 9.69 Å². The summed E-state index contributed by atoms with van der Waals surface area (Å²) in [5.74, 6) is 1.39. The van der Waals surface area contributed by atoms with Gasteiger partial charge >= 0.3 is 0 Å². The number of benzene rings is 3. The highest BCUT2D eigenvalue weighted by atomic mass is 16.5. The van der Waals surface area contributed by atoms with E-state index < -0.39 is 0 Å². The lowest BCUT2D eigenvalue weighted by atomic mass is 10.0. The molecule has 0 unspecified atom stereocenters. The fraction of sp³-hybridized carbons (Fsp3) is 0.321. The number of hydrogen-bond acceptors (Lipinski definition) is 5. The predicted octanol–water partition coefficient (Wildman–Crippen LogP) is 3.68. The molecule has 178 valence electrons. The van der Waals surface area contributed by atoms with E-state index in [1.807, 2.05) is 66.7 Å². The number of hydrogen-bond donors (Lipinski definition) is 1. The Morgan fingerprint density at radius 1 is 0.882 bits per heavy atom. The van der Waals surface area contributed by atoms with E-state index in [4.69, 9.17) is 14.2 Å². The van der Waals surface area contributed by atoms with Gasteiger partial charge in [0.25, 0.3) is 5.91 Å². The standard InChI is InChI=1S/C28H32N2O4/c31-28(22-34-27-12-5-4-10-25(27)19-23-7-2-1-3-8-23)29-21-24-9-6-11-26(20-24)33-18-15-30-13-16-32-17-14-30/h1-12,20H,13-19,21-22H2,(H,29,31). The Kier molecular flexibility index (Phi) is 8.94. The molecule has 1 N–H and O–H groups in total. The number of amides is 1. The van der Waals surface area contributed by atoms with Crippen LogP contribution in [0.5, 0.6) is 11.5 Å². The minimum atomic E-state index is -0.159. The number of carbonyl (C=O) groups excluding carboxylic acids is 1. The van der Waals surface area contributed by atoms with Crippen LogP contribution in [0.1, 0.15) is 16.7 Å². The van der Waals surface area contributed by atoms with Gasteiger partial charge in [-0.05, 0) is 34.9 Å². The summed E-state index contributed by atoms with van der Waals surface area (Å²) in [5, 5.41) is 2.93. The van der Waals surface area contributed by atoms with Crippen LogP contribution in [0.25, 0.3) is 0 Å². The van der Waals surface area contributed by atoms with Crippen molar-refractivity contribution in [3.63, 3.8) is 0 Å². The van der Waals surface area contributed by atoms with Crippen molar-refractivity contribution in [1.82, 2.24) is 10.2 Å². The molecule has 1 saturated heterocycles. The molecule has 4 rings (SSSR count). The zero-order valence-corrected chi connectivity index (χ0v) is 19.4. The monoisotopic (exact) mass is 460 g/mol. The summed E-state index contributed by atoms with van der Waals surface area (Å²) in [6.07, 6.45) is 0.761. The van der Waals surface area contributed by atoms with Crippen molar-refractivity contribution in [2.45, 2.75) is 13.0 Å². The van der Waals surface area contributed by atoms with Crippen molar-refractivity contribution >= 4 is 5.91 Å². The van der Waals surface area contributed by atoms with Crippen LogP contribution in [0.2, 0.25) is 0 Å². The van der Waals surface area contributed by atoms with Crippen LogP contribution in [0, 0.1) is 0 Å². The van der Waals surface area contributed by atoms with Crippen LogP contribution in [-0.4, -0.2) is 56.9 Å². The zero-order chi connectivity index (χ0) is 23.4. The molecule has 0 radical (unpaired) electrons. The molecule has 6 nitrogen and oxygen atoms in total. The highest BCUT2D eigenvalue weighted by Gasteiger charge is 2.10. The van der Waals surface area contributed by atoms with E-state index in [1.54, 1.807) is 0 Å². The largest absolute Gasteiger partial charge is 0.492 e. The average molecular weight is 461 g/mol. The minimum absolute atomic E-state index is 0.0262. The van der Waals surface area contributed by atoms with Crippen LogP contribution in [-0.2, 0) is 22.5 Å². The maximum atomic E-state index is 12.4. The number of para-hydroxylation sites is 1. The maximum absolute atomic E-state index is 12.4. The Morgan fingerprint density at radius 3 is 2.50 bits per heavy atom. The fourth-order valence-corrected chi connectivity index (χ4v) is 3.86. The molecule has 1 aliphatic heterocycles. The van der Waals surface area contributed by atoms with Gasteiger partial charge in [0, 0.05) is 32.6 Å². The number of carbonyl (C=O) groups is 1. The van der Waals surface area contributed by atoms with E-state index in [0.29, 0.717) is 13.2 Å². The topological polar surface area (TPSA) is 60.0 Å². The molecule has 3 aromatic carbocycles. The van der Waals surface area contributed by atoms with Crippen LogP contribution in [0.15, 0.2) is 78.9 Å². The van der Waals surface area contributed by atoms with E-state index in [1.165, 1.54) is 5.56 Å². The van der Waals surface area contributed by atoms with Crippen molar-refractivity contribution in [1.29, 1.82) is 0 Å². The second kappa shape index (κ2) is 12.8. The van der Waals surface area contributed by atoms with Gasteiger partial charge in [0.05, 0.1) is 13.2 Å². The van der Waals surface area contributed by atoms with Gasteiger partial charge in [0.1, 0.15) is 18.1 Å². The molecule has 1 heterocycles. The highest BCUT2D eigenvalue weighted by Crippen LogP contribution is 2.21. The smallest absolute Gasteiger partial charge is 0.258 e. The zero-order valence-electron chi connectivity index (χ0n) is 19.4. The molecular weight excluding hydrogens is 428 g/mol. The van der Waals surface area contributed by atoms with E-state index in [-0.39, 0.29) is 12.5 Å². The Labute approximate surface area is 201 Å². The number of nitrogens with zero attached hydrogens (tertiary/aromatic N) is 1. The average Bonchev–Trinajstić information content (AvgIpc) is 2.88. The van der Waals surface area contributed by atoms with Gasteiger partial charge < -0.3 is 19.5 Å². The molecule has 0 aliphatic carbocycles. The quantitative estimate of drug-likeness (QED) is 0.473. The first-order valence-corrected chi connectivity index (χ1v) is 11.8. The molecule has 0 spiro atoms. The lowest BCUT2D eigenvalue weighted by Gasteiger charge is -2.26. The lowest BCUT2D eigenvalue weighted by molar-refractivity contribution is -0.123. The number of rotatable bonds is 11. The third kappa shape index (κ3) is 7.61. The van der Waals surface area contributed by atoms with Crippen molar-refractivity contribution in [3.05, 3.63) is 95.6 Å². The molecule has 0 aromatic heterocycles. The van der Waals surface area contributed by atoms with Crippen molar-refractivity contribution in [2.75, 3.05) is 46.1 Å². The molecule has 34 heavy (non-hydrogen) atoms. The number of morpholine rings is 1. The molecule has 1 aliphatic rings. The minimum Gasteiger partial charge on any atom is -0.492 e. The first kappa shape index (κ1) is 23.8. The molecule has 0 atom stereocenters. The second-order valence-corrected chi connectivity index (χ2v) is 8.29. The van der Waals surface area contributed by atoms with Gasteiger partial charge in [-0.15, -0.1) is 0 Å². The SMILES string of the molecule is O=C(COc1ccccc1Cc1ccccc1)NCc1cccc(OCCN2CCOCC2)c1. The van der Waals surface area contributed by atoms with Gasteiger partial charge in [-0.2, -0.15) is 0 Å². The summed E-state index contributed by atoms with van der Waals surface area (Å²) in [7, 11) is 0. The highest BCUT2D eigenvalue weighted by molar-refractivity contribution is 5.77. The van der Waals surface area contributed by atoms with E-state index >= 15 is 0 Å². The first-order valence-electron chi connectivity index (χ1n) is 11.8. The Bertz CT molecular complexity index is 1040. The number of ether oxygens (including phenoxy) is 3. The summed E-state index contributed by atoms with van der Waals surface area (Å²) >= 11 is 0. The maximum Gasteiger partial charge on any atom is 0.258 e. The first-order chi connectivity index (χ1) is 16.8. The Morgan fingerprint density at radius 2 is 1.65 bits per heavy atom. The molecule has 3 aromatic rings. The molecule has 1 amide bonds. The van der Waals surface area contributed by atoms with E-state index in [2.05, 4.69) is 22.3 Å². The lowest BCUT2D eigenvalue weighted by Crippen LogP contribution is -2.38. The van der Waals surface area contributed by atoms with Crippen LogP contribution in [0.3, 0.4) is 0 Å². The van der Waals surface area contributed by atoms with Gasteiger partial charge in [0.15, 0.2) is 6.61 Å². The van der Waals surface area contributed by atoms with Gasteiger partial charge in [-0.25, -0.2) is 0 Å². The third-order valence-corrected chi connectivity index (χ3v) is 5.74. The summed E-state index contributed by atoms with van der Waals surface area (Å²) in [6, 6.07) is 25.9. The van der Waals surface area contributed by atoms with Crippen molar-refractivity contribution in [3.8, 4) is 11.5 Å². The van der Waals surface area contributed by atoms with Crippen LogP contribution in [0.4, 0.5) is 0 Å². The summed E-state index contributed by atoms with van der Waals surface area (Å²) < 4.78 is 17.1. The number of nitrogens with one attached hydrogen (secondary N) is 1. The van der Waals surface area contributed by atoms with Gasteiger partial charge in [0.2, 0.25) is 0 Å². The van der Waals surface area contributed by atoms with Crippen LogP contribution < -0.4 is 14.8 Å². The van der Waals surface area contributed by atoms with E-state index in [9.17, 15) is 4.79 Å². The predicted molar refractivity (Wildman–Crippen MR) is 132 cm³/mol. The van der Waals surface area contributed by atoms with Crippen molar-refractivity contribution in [2.24, 2.45) is 0 Å². The van der Waals surface area contributed by atoms with E-state index in [0.717, 1.165) is 61.9 Å². The van der Waals surface area contributed by atoms with Gasteiger partial charge in [-0.1, -0.05) is 60.7 Å². The summed E-state index contributed by atoms with van der Waals surface area (Å²) in [5.41, 5.74) is 3.25. The molecule has 1 fully saturated rings. The summed E-state index contributed by atoms with van der Waals surface area (Å²) in [6.45, 7) is 5.40.